The zero-order valence-corrected chi connectivity index (χ0v) is 13.9. The molecule has 3 rings (SSSR count). The maximum atomic E-state index is 12.3. The quantitative estimate of drug-likeness (QED) is 0.879. The van der Waals surface area contributed by atoms with E-state index in [-0.39, 0.29) is 11.4 Å². The molecule has 0 aliphatic heterocycles. The van der Waals surface area contributed by atoms with Crippen molar-refractivity contribution in [3.63, 3.8) is 0 Å². The van der Waals surface area contributed by atoms with E-state index < -0.39 is 0 Å². The molecule has 0 spiro atoms. The number of benzene rings is 2. The van der Waals surface area contributed by atoms with Gasteiger partial charge in [-0.15, -0.1) is 0 Å². The lowest BCUT2D eigenvalue weighted by Gasteiger charge is -2.43. The number of amides is 1. The highest BCUT2D eigenvalue weighted by molar-refractivity contribution is 5.93. The van der Waals surface area contributed by atoms with Crippen molar-refractivity contribution in [1.82, 2.24) is 5.32 Å². The monoisotopic (exact) mass is 308 g/mol. The molecule has 2 aromatic carbocycles. The summed E-state index contributed by atoms with van der Waals surface area (Å²) < 4.78 is 0. The van der Waals surface area contributed by atoms with E-state index in [1.165, 1.54) is 12.0 Å². The number of rotatable bonds is 5. The lowest BCUT2D eigenvalue weighted by molar-refractivity contribution is -0.116. The summed E-state index contributed by atoms with van der Waals surface area (Å²) in [6, 6.07) is 16.6. The normalized spacial score (nSPS) is 15.7. The Balaban J connectivity index is 1.63. The summed E-state index contributed by atoms with van der Waals surface area (Å²) in [6.45, 7) is 4.38. The molecule has 1 fully saturated rings. The van der Waals surface area contributed by atoms with Crippen molar-refractivity contribution in [3.05, 3.63) is 65.2 Å². The van der Waals surface area contributed by atoms with Gasteiger partial charge in [0.2, 0.25) is 5.91 Å². The first kappa shape index (κ1) is 15.8. The van der Waals surface area contributed by atoms with E-state index >= 15 is 0 Å². The molecule has 2 aromatic rings. The fraction of sp³-hybridized carbons (Fsp3) is 0.350. The Hall–Kier alpha value is -2.13. The third-order valence-corrected chi connectivity index (χ3v) is 4.79. The van der Waals surface area contributed by atoms with Crippen LogP contribution in [0.4, 0.5) is 5.69 Å². The van der Waals surface area contributed by atoms with Gasteiger partial charge in [-0.2, -0.15) is 0 Å². The van der Waals surface area contributed by atoms with Crippen LogP contribution in [0.25, 0.3) is 0 Å². The summed E-state index contributed by atoms with van der Waals surface area (Å²) in [5.41, 5.74) is 4.40. The predicted octanol–water partition coefficient (Wildman–Crippen LogP) is 3.91. The van der Waals surface area contributed by atoms with Gasteiger partial charge in [0.15, 0.2) is 0 Å². The predicted molar refractivity (Wildman–Crippen MR) is 94.5 cm³/mol. The molecule has 2 N–H and O–H groups in total. The highest BCUT2D eigenvalue weighted by Crippen LogP contribution is 2.40. The van der Waals surface area contributed by atoms with Gasteiger partial charge in [-0.05, 0) is 55.9 Å². The Morgan fingerprint density at radius 1 is 1.09 bits per heavy atom. The van der Waals surface area contributed by atoms with E-state index in [0.717, 1.165) is 29.7 Å². The number of carbonyl (C=O) groups excluding carboxylic acids is 1. The van der Waals surface area contributed by atoms with Crippen LogP contribution in [0.3, 0.4) is 0 Å². The summed E-state index contributed by atoms with van der Waals surface area (Å²) in [7, 11) is 0. The summed E-state index contributed by atoms with van der Waals surface area (Å²) in [6.07, 6.45) is 3.39. The van der Waals surface area contributed by atoms with Gasteiger partial charge in [0, 0.05) is 11.2 Å². The maximum absolute atomic E-state index is 12.3. The molecule has 1 amide bonds. The minimum Gasteiger partial charge on any atom is -0.325 e. The van der Waals surface area contributed by atoms with Crippen molar-refractivity contribution in [2.75, 3.05) is 11.9 Å². The van der Waals surface area contributed by atoms with Crippen LogP contribution in [-0.4, -0.2) is 12.5 Å². The first-order chi connectivity index (χ1) is 11.1. The van der Waals surface area contributed by atoms with Gasteiger partial charge >= 0.3 is 0 Å². The Bertz CT molecular complexity index is 690. The van der Waals surface area contributed by atoms with Crippen molar-refractivity contribution in [1.29, 1.82) is 0 Å². The van der Waals surface area contributed by atoms with Crippen molar-refractivity contribution >= 4 is 11.6 Å². The first-order valence-corrected chi connectivity index (χ1v) is 8.27. The second-order valence-electron chi connectivity index (χ2n) is 6.52. The molecule has 0 bridgehead atoms. The second kappa shape index (κ2) is 6.55. The third-order valence-electron chi connectivity index (χ3n) is 4.79. The molecule has 0 heterocycles. The molecule has 0 unspecified atom stereocenters. The summed E-state index contributed by atoms with van der Waals surface area (Å²) in [4.78, 5) is 12.3. The Kier molecular flexibility index (Phi) is 4.49. The van der Waals surface area contributed by atoms with Crippen molar-refractivity contribution in [2.45, 2.75) is 38.6 Å². The molecule has 3 heteroatoms. The fourth-order valence-corrected chi connectivity index (χ4v) is 3.17. The fourth-order valence-electron chi connectivity index (χ4n) is 3.17. The van der Waals surface area contributed by atoms with E-state index in [1.807, 2.05) is 32.0 Å². The average molecular weight is 308 g/mol. The summed E-state index contributed by atoms with van der Waals surface area (Å²) in [5, 5.41) is 6.51. The van der Waals surface area contributed by atoms with E-state index in [1.54, 1.807) is 0 Å². The molecule has 1 aliphatic rings. The van der Waals surface area contributed by atoms with E-state index in [0.29, 0.717) is 6.54 Å². The van der Waals surface area contributed by atoms with Crippen LogP contribution < -0.4 is 10.6 Å². The molecule has 0 atom stereocenters. The molecule has 0 radical (unpaired) electrons. The minimum absolute atomic E-state index is 0.0147. The molecular formula is C20H24N2O. The van der Waals surface area contributed by atoms with Crippen molar-refractivity contribution in [2.24, 2.45) is 0 Å². The number of hydrogen-bond acceptors (Lipinski definition) is 2. The maximum Gasteiger partial charge on any atom is 0.238 e. The standard InChI is InChI=1S/C20H24N2O/c1-15-9-10-16(2)18(13-15)22-19(23)14-21-20(11-6-12-20)17-7-4-3-5-8-17/h3-5,7-10,13,21H,6,11-12,14H2,1-2H3,(H,22,23). The largest absolute Gasteiger partial charge is 0.325 e. The molecular weight excluding hydrogens is 284 g/mol. The van der Waals surface area contributed by atoms with Gasteiger partial charge in [0.05, 0.1) is 6.54 Å². The minimum atomic E-state index is -0.0275. The number of nitrogens with one attached hydrogen (secondary N) is 2. The van der Waals surface area contributed by atoms with E-state index in [9.17, 15) is 4.79 Å². The van der Waals surface area contributed by atoms with Crippen LogP contribution >= 0.6 is 0 Å². The molecule has 3 nitrogen and oxygen atoms in total. The van der Waals surface area contributed by atoms with Crippen LogP contribution in [0.2, 0.25) is 0 Å². The molecule has 1 saturated carbocycles. The van der Waals surface area contributed by atoms with Crippen molar-refractivity contribution < 1.29 is 4.79 Å². The van der Waals surface area contributed by atoms with Gasteiger partial charge in [-0.3, -0.25) is 10.1 Å². The van der Waals surface area contributed by atoms with Crippen LogP contribution in [0.1, 0.15) is 36.0 Å². The smallest absolute Gasteiger partial charge is 0.238 e. The lowest BCUT2D eigenvalue weighted by Crippen LogP contribution is -2.50. The van der Waals surface area contributed by atoms with Gasteiger partial charge < -0.3 is 5.32 Å². The Morgan fingerprint density at radius 3 is 2.48 bits per heavy atom. The Labute approximate surface area is 138 Å². The molecule has 0 saturated heterocycles. The first-order valence-electron chi connectivity index (χ1n) is 8.27. The number of carbonyl (C=O) groups is 1. The van der Waals surface area contributed by atoms with Crippen LogP contribution in [0.5, 0.6) is 0 Å². The second-order valence-corrected chi connectivity index (χ2v) is 6.52. The number of aryl methyl sites for hydroxylation is 2. The molecule has 23 heavy (non-hydrogen) atoms. The topological polar surface area (TPSA) is 41.1 Å². The number of hydrogen-bond donors (Lipinski definition) is 2. The van der Waals surface area contributed by atoms with E-state index in [4.69, 9.17) is 0 Å². The van der Waals surface area contributed by atoms with Crippen LogP contribution in [0.15, 0.2) is 48.5 Å². The third kappa shape index (κ3) is 3.45. The zero-order valence-electron chi connectivity index (χ0n) is 13.9. The van der Waals surface area contributed by atoms with Gasteiger partial charge in [0.25, 0.3) is 0 Å². The van der Waals surface area contributed by atoms with Crippen LogP contribution in [0, 0.1) is 13.8 Å². The van der Waals surface area contributed by atoms with Gasteiger partial charge in [-0.25, -0.2) is 0 Å². The lowest BCUT2D eigenvalue weighted by atomic mass is 9.72. The molecule has 120 valence electrons. The summed E-state index contributed by atoms with van der Waals surface area (Å²) >= 11 is 0. The van der Waals surface area contributed by atoms with Crippen LogP contribution in [-0.2, 0) is 10.3 Å². The SMILES string of the molecule is Cc1ccc(C)c(NC(=O)CNC2(c3ccccc3)CCC2)c1. The average Bonchev–Trinajstić information content (AvgIpc) is 2.51. The highest BCUT2D eigenvalue weighted by atomic mass is 16.1. The zero-order chi connectivity index (χ0) is 16.3. The van der Waals surface area contributed by atoms with Gasteiger partial charge in [0.1, 0.15) is 0 Å². The summed E-state index contributed by atoms with van der Waals surface area (Å²) in [5.74, 6) is 0.0147. The molecule has 1 aliphatic carbocycles. The van der Waals surface area contributed by atoms with Crippen molar-refractivity contribution in [3.8, 4) is 0 Å². The molecule has 0 aromatic heterocycles. The highest BCUT2D eigenvalue weighted by Gasteiger charge is 2.38. The van der Waals surface area contributed by atoms with Gasteiger partial charge in [-0.1, -0.05) is 42.5 Å². The Morgan fingerprint density at radius 2 is 1.83 bits per heavy atom. The van der Waals surface area contributed by atoms with E-state index in [2.05, 4.69) is 41.0 Å². The number of anilines is 1.